The van der Waals surface area contributed by atoms with Crippen LogP contribution in [-0.2, 0) is 24.1 Å². The van der Waals surface area contributed by atoms with E-state index in [1.54, 1.807) is 0 Å². The average Bonchev–Trinajstić information content (AvgIpc) is 3.25. The first-order valence-corrected chi connectivity index (χ1v) is 8.59. The zero-order valence-corrected chi connectivity index (χ0v) is 13.5. The molecule has 2 aliphatic rings. The van der Waals surface area contributed by atoms with Gasteiger partial charge in [-0.25, -0.2) is 4.79 Å². The van der Waals surface area contributed by atoms with Crippen molar-refractivity contribution >= 4 is 6.03 Å². The highest BCUT2D eigenvalue weighted by atomic mass is 16.5. The molecule has 1 unspecified atom stereocenters. The van der Waals surface area contributed by atoms with Crippen molar-refractivity contribution in [1.82, 2.24) is 10.6 Å². The number of aliphatic hydroxyl groups excluding tert-OH is 1. The van der Waals surface area contributed by atoms with Gasteiger partial charge in [0.05, 0.1) is 12.7 Å². The van der Waals surface area contributed by atoms with Crippen molar-refractivity contribution in [3.8, 4) is 0 Å². The highest BCUT2D eigenvalue weighted by Gasteiger charge is 2.21. The second-order valence-electron chi connectivity index (χ2n) is 6.65. The summed E-state index contributed by atoms with van der Waals surface area (Å²) in [6.45, 7) is 1.72. The topological polar surface area (TPSA) is 70.6 Å². The van der Waals surface area contributed by atoms with Crippen molar-refractivity contribution in [3.63, 3.8) is 0 Å². The fraction of sp³-hybridized carbons (Fsp3) is 0.611. The van der Waals surface area contributed by atoms with Crippen LogP contribution in [0.2, 0.25) is 0 Å². The summed E-state index contributed by atoms with van der Waals surface area (Å²) in [5.41, 5.74) is 3.97. The van der Waals surface area contributed by atoms with Gasteiger partial charge in [0.2, 0.25) is 0 Å². The van der Waals surface area contributed by atoms with Crippen LogP contribution in [0.4, 0.5) is 4.79 Å². The van der Waals surface area contributed by atoms with Gasteiger partial charge in [0.15, 0.2) is 0 Å². The van der Waals surface area contributed by atoms with Crippen molar-refractivity contribution in [3.05, 3.63) is 34.9 Å². The summed E-state index contributed by atoms with van der Waals surface area (Å²) in [4.78, 5) is 11.8. The Morgan fingerprint density at radius 1 is 1.26 bits per heavy atom. The molecule has 0 radical (unpaired) electrons. The van der Waals surface area contributed by atoms with Crippen LogP contribution in [0, 0.1) is 5.92 Å². The van der Waals surface area contributed by atoms with Crippen LogP contribution in [-0.4, -0.2) is 37.0 Å². The third-order valence-electron chi connectivity index (χ3n) is 4.47. The van der Waals surface area contributed by atoms with Gasteiger partial charge in [-0.3, -0.25) is 0 Å². The van der Waals surface area contributed by atoms with Crippen LogP contribution >= 0.6 is 0 Å². The van der Waals surface area contributed by atoms with E-state index in [1.165, 1.54) is 36.8 Å². The van der Waals surface area contributed by atoms with Crippen LogP contribution < -0.4 is 10.6 Å². The SMILES string of the molecule is O=C(NCc1ccc2c(c1)CCC2)NCC(O)COCC1CC1. The zero-order chi connectivity index (χ0) is 16.1. The summed E-state index contributed by atoms with van der Waals surface area (Å²) in [5.74, 6) is 0.686. The lowest BCUT2D eigenvalue weighted by Crippen LogP contribution is -2.40. The molecule has 1 aromatic carbocycles. The van der Waals surface area contributed by atoms with Crippen LogP contribution in [0.15, 0.2) is 18.2 Å². The van der Waals surface area contributed by atoms with E-state index in [9.17, 15) is 9.90 Å². The summed E-state index contributed by atoms with van der Waals surface area (Å²) >= 11 is 0. The summed E-state index contributed by atoms with van der Waals surface area (Å²) in [5, 5.41) is 15.3. The molecule has 0 bridgehead atoms. The summed E-state index contributed by atoms with van der Waals surface area (Å²) in [7, 11) is 0. The van der Waals surface area contributed by atoms with Crippen molar-refractivity contribution in [2.24, 2.45) is 5.92 Å². The average molecular weight is 318 g/mol. The third-order valence-corrected chi connectivity index (χ3v) is 4.47. The monoisotopic (exact) mass is 318 g/mol. The number of fused-ring (bicyclic) bond motifs is 1. The Hall–Kier alpha value is -1.59. The first-order valence-electron chi connectivity index (χ1n) is 8.59. The van der Waals surface area contributed by atoms with E-state index in [4.69, 9.17) is 4.74 Å². The Morgan fingerprint density at radius 2 is 2.09 bits per heavy atom. The Morgan fingerprint density at radius 3 is 2.91 bits per heavy atom. The lowest BCUT2D eigenvalue weighted by molar-refractivity contribution is 0.0337. The molecule has 1 aromatic rings. The fourth-order valence-electron chi connectivity index (χ4n) is 2.90. The van der Waals surface area contributed by atoms with Crippen molar-refractivity contribution < 1.29 is 14.6 Å². The molecular formula is C18H26N2O3. The number of hydrogen-bond acceptors (Lipinski definition) is 3. The van der Waals surface area contributed by atoms with Gasteiger partial charge in [0, 0.05) is 19.7 Å². The van der Waals surface area contributed by atoms with Gasteiger partial charge < -0.3 is 20.5 Å². The Balaban J connectivity index is 1.31. The Labute approximate surface area is 137 Å². The molecule has 5 heteroatoms. The molecule has 2 aliphatic carbocycles. The first-order chi connectivity index (χ1) is 11.2. The summed E-state index contributed by atoms with van der Waals surface area (Å²) < 4.78 is 5.40. The van der Waals surface area contributed by atoms with E-state index >= 15 is 0 Å². The second-order valence-corrected chi connectivity index (χ2v) is 6.65. The van der Waals surface area contributed by atoms with Crippen LogP contribution in [0.3, 0.4) is 0 Å². The van der Waals surface area contributed by atoms with E-state index in [0.717, 1.165) is 18.6 Å². The smallest absolute Gasteiger partial charge is 0.315 e. The minimum atomic E-state index is -0.653. The predicted molar refractivity (Wildman–Crippen MR) is 88.3 cm³/mol. The Kier molecular flexibility index (Phi) is 5.51. The highest BCUT2D eigenvalue weighted by Crippen LogP contribution is 2.28. The molecule has 0 saturated heterocycles. The Bertz CT molecular complexity index is 543. The molecule has 5 nitrogen and oxygen atoms in total. The van der Waals surface area contributed by atoms with Gasteiger partial charge in [0.1, 0.15) is 0 Å². The standard InChI is InChI=1S/C18H26N2O3/c21-17(12-23-11-13-4-5-13)10-20-18(22)19-9-14-6-7-15-2-1-3-16(15)8-14/h6-8,13,17,21H,1-5,9-12H2,(H2,19,20,22). The fourth-order valence-corrected chi connectivity index (χ4v) is 2.90. The molecular weight excluding hydrogens is 292 g/mol. The number of aliphatic hydroxyl groups is 1. The van der Waals surface area contributed by atoms with Gasteiger partial charge in [-0.15, -0.1) is 0 Å². The number of ether oxygens (including phenoxy) is 1. The molecule has 0 heterocycles. The van der Waals surface area contributed by atoms with Crippen LogP contribution in [0.25, 0.3) is 0 Å². The minimum absolute atomic E-state index is 0.209. The number of nitrogens with one attached hydrogen (secondary N) is 2. The first kappa shape index (κ1) is 16.3. The molecule has 3 N–H and O–H groups in total. The number of benzene rings is 1. The lowest BCUT2D eigenvalue weighted by Gasteiger charge is -2.13. The largest absolute Gasteiger partial charge is 0.389 e. The van der Waals surface area contributed by atoms with Gasteiger partial charge in [-0.05, 0) is 54.7 Å². The van der Waals surface area contributed by atoms with E-state index in [-0.39, 0.29) is 19.2 Å². The number of aryl methyl sites for hydroxylation is 2. The summed E-state index contributed by atoms with van der Waals surface area (Å²) in [6, 6.07) is 6.17. The number of hydrogen-bond donors (Lipinski definition) is 3. The number of amides is 2. The highest BCUT2D eigenvalue weighted by molar-refractivity contribution is 5.73. The molecule has 0 spiro atoms. The number of urea groups is 1. The summed E-state index contributed by atoms with van der Waals surface area (Å²) in [6.07, 6.45) is 5.36. The number of carbonyl (C=O) groups excluding carboxylic acids is 1. The molecule has 2 amide bonds. The zero-order valence-electron chi connectivity index (χ0n) is 13.5. The van der Waals surface area contributed by atoms with Gasteiger partial charge >= 0.3 is 6.03 Å². The van der Waals surface area contributed by atoms with Crippen molar-refractivity contribution in [1.29, 1.82) is 0 Å². The number of carbonyl (C=O) groups is 1. The molecule has 0 aromatic heterocycles. The normalized spacial score (nSPS) is 17.6. The maximum Gasteiger partial charge on any atom is 0.315 e. The van der Waals surface area contributed by atoms with Crippen LogP contribution in [0.5, 0.6) is 0 Å². The van der Waals surface area contributed by atoms with E-state index in [1.807, 2.05) is 0 Å². The molecule has 3 rings (SSSR count). The second kappa shape index (κ2) is 7.79. The molecule has 1 atom stereocenters. The van der Waals surface area contributed by atoms with E-state index < -0.39 is 6.10 Å². The maximum absolute atomic E-state index is 11.8. The molecule has 0 aliphatic heterocycles. The third kappa shape index (κ3) is 5.22. The lowest BCUT2D eigenvalue weighted by atomic mass is 10.1. The van der Waals surface area contributed by atoms with E-state index in [0.29, 0.717) is 12.5 Å². The van der Waals surface area contributed by atoms with Gasteiger partial charge in [0.25, 0.3) is 0 Å². The molecule has 126 valence electrons. The van der Waals surface area contributed by atoms with Crippen LogP contribution in [0.1, 0.15) is 36.0 Å². The molecule has 1 saturated carbocycles. The van der Waals surface area contributed by atoms with E-state index in [2.05, 4.69) is 28.8 Å². The number of rotatable bonds is 8. The van der Waals surface area contributed by atoms with Gasteiger partial charge in [-0.1, -0.05) is 18.2 Å². The molecule has 23 heavy (non-hydrogen) atoms. The van der Waals surface area contributed by atoms with Crippen molar-refractivity contribution in [2.75, 3.05) is 19.8 Å². The van der Waals surface area contributed by atoms with Gasteiger partial charge in [-0.2, -0.15) is 0 Å². The molecule has 1 fully saturated rings. The predicted octanol–water partition coefficient (Wildman–Crippen LogP) is 1.76. The quantitative estimate of drug-likeness (QED) is 0.684. The maximum atomic E-state index is 11.8. The van der Waals surface area contributed by atoms with Crippen molar-refractivity contribution in [2.45, 2.75) is 44.8 Å². The minimum Gasteiger partial charge on any atom is -0.389 e.